The van der Waals surface area contributed by atoms with E-state index in [4.69, 9.17) is 21.4 Å². The Labute approximate surface area is 216 Å². The molecule has 1 aliphatic heterocycles. The Kier molecular flexibility index (Phi) is 8.22. The van der Waals surface area contributed by atoms with Crippen molar-refractivity contribution in [2.45, 2.75) is 26.4 Å². The summed E-state index contributed by atoms with van der Waals surface area (Å²) in [7, 11) is 0. The van der Waals surface area contributed by atoms with Gasteiger partial charge < -0.3 is 24.3 Å². The van der Waals surface area contributed by atoms with Crippen LogP contribution in [0.1, 0.15) is 41.2 Å². The highest BCUT2D eigenvalue weighted by Gasteiger charge is 2.23. The molecular formula is C27H30N4O4S. The fourth-order valence-corrected chi connectivity index (χ4v) is 4.03. The lowest BCUT2D eigenvalue weighted by Crippen LogP contribution is -2.48. The highest BCUT2D eigenvalue weighted by molar-refractivity contribution is 7.80. The minimum Gasteiger partial charge on any atom is -0.491 e. The van der Waals surface area contributed by atoms with Crippen molar-refractivity contribution in [1.29, 1.82) is 0 Å². The molecule has 0 spiro atoms. The average Bonchev–Trinajstić information content (AvgIpc) is 3.44. The van der Waals surface area contributed by atoms with Crippen LogP contribution in [0, 0.1) is 0 Å². The third-order valence-electron chi connectivity index (χ3n) is 6.04. The maximum atomic E-state index is 12.5. The highest BCUT2D eigenvalue weighted by Crippen LogP contribution is 2.21. The van der Waals surface area contributed by atoms with Crippen molar-refractivity contribution >= 4 is 40.5 Å². The quantitative estimate of drug-likeness (QED) is 0.455. The molecule has 3 aromatic rings. The first-order valence-electron chi connectivity index (χ1n) is 12.0. The van der Waals surface area contributed by atoms with Crippen LogP contribution in [0.2, 0.25) is 0 Å². The first-order valence-corrected chi connectivity index (χ1v) is 12.4. The maximum Gasteiger partial charge on any atom is 0.289 e. The molecular weight excluding hydrogens is 476 g/mol. The summed E-state index contributed by atoms with van der Waals surface area (Å²) in [6.45, 7) is 6.77. The maximum absolute atomic E-state index is 12.5. The van der Waals surface area contributed by atoms with Crippen molar-refractivity contribution in [3.63, 3.8) is 0 Å². The van der Waals surface area contributed by atoms with Crippen molar-refractivity contribution in [3.05, 3.63) is 78.3 Å². The highest BCUT2D eigenvalue weighted by atomic mass is 32.1. The van der Waals surface area contributed by atoms with Crippen LogP contribution in [0.3, 0.4) is 0 Å². The fourth-order valence-electron chi connectivity index (χ4n) is 3.82. The van der Waals surface area contributed by atoms with Gasteiger partial charge in [0.25, 0.3) is 11.8 Å². The molecule has 9 heteroatoms. The van der Waals surface area contributed by atoms with Gasteiger partial charge in [-0.1, -0.05) is 6.92 Å². The predicted molar refractivity (Wildman–Crippen MR) is 144 cm³/mol. The third-order valence-corrected chi connectivity index (χ3v) is 6.25. The second kappa shape index (κ2) is 11.7. The standard InChI is InChI=1S/C27H30N4O4S/c1-3-19(2)35-23-12-6-20(7-13-23)25(32)29-27(36)28-21-8-10-22(11-9-21)30-14-16-31(17-15-30)26(33)24-5-4-18-34-24/h4-13,18-19H,3,14-17H2,1-2H3,(H2,28,29,32,36). The van der Waals surface area contributed by atoms with Crippen LogP contribution in [-0.2, 0) is 0 Å². The van der Waals surface area contributed by atoms with Crippen LogP contribution >= 0.6 is 12.2 Å². The number of furan rings is 1. The van der Waals surface area contributed by atoms with E-state index in [0.717, 1.165) is 36.6 Å². The summed E-state index contributed by atoms with van der Waals surface area (Å²) in [6.07, 6.45) is 2.54. The number of carbonyl (C=O) groups excluding carboxylic acids is 2. The zero-order valence-corrected chi connectivity index (χ0v) is 21.2. The number of thiocarbonyl (C=S) groups is 1. The van der Waals surface area contributed by atoms with Gasteiger partial charge in [-0.3, -0.25) is 14.9 Å². The molecule has 0 bridgehead atoms. The molecule has 1 aliphatic rings. The number of hydrogen-bond acceptors (Lipinski definition) is 6. The smallest absolute Gasteiger partial charge is 0.289 e. The van der Waals surface area contributed by atoms with E-state index in [9.17, 15) is 9.59 Å². The Morgan fingerprint density at radius 2 is 1.72 bits per heavy atom. The third kappa shape index (κ3) is 6.42. The van der Waals surface area contributed by atoms with Crippen molar-refractivity contribution < 1.29 is 18.7 Å². The molecule has 1 unspecified atom stereocenters. The first kappa shape index (κ1) is 25.2. The predicted octanol–water partition coefficient (Wildman–Crippen LogP) is 4.55. The number of carbonyl (C=O) groups is 2. The van der Waals surface area contributed by atoms with E-state index in [-0.39, 0.29) is 23.0 Å². The van der Waals surface area contributed by atoms with Gasteiger partial charge in [0.1, 0.15) is 5.75 Å². The van der Waals surface area contributed by atoms with Gasteiger partial charge in [0.05, 0.1) is 12.4 Å². The van der Waals surface area contributed by atoms with Gasteiger partial charge in [-0.15, -0.1) is 0 Å². The monoisotopic (exact) mass is 506 g/mol. The molecule has 1 fully saturated rings. The van der Waals surface area contributed by atoms with E-state index in [1.54, 1.807) is 41.3 Å². The summed E-state index contributed by atoms with van der Waals surface area (Å²) < 4.78 is 11.0. The van der Waals surface area contributed by atoms with Gasteiger partial charge in [-0.25, -0.2) is 0 Å². The molecule has 36 heavy (non-hydrogen) atoms. The van der Waals surface area contributed by atoms with Crippen LogP contribution in [0.4, 0.5) is 11.4 Å². The number of nitrogens with one attached hydrogen (secondary N) is 2. The van der Waals surface area contributed by atoms with Crippen molar-refractivity contribution in [2.75, 3.05) is 36.4 Å². The summed E-state index contributed by atoms with van der Waals surface area (Å²) in [6, 6.07) is 18.2. The number of amides is 2. The Balaban J connectivity index is 1.25. The van der Waals surface area contributed by atoms with E-state index in [1.807, 2.05) is 31.2 Å². The molecule has 2 N–H and O–H groups in total. The molecule has 8 nitrogen and oxygen atoms in total. The van der Waals surface area contributed by atoms with Crippen LogP contribution in [0.15, 0.2) is 71.3 Å². The van der Waals surface area contributed by atoms with E-state index >= 15 is 0 Å². The normalized spacial score (nSPS) is 14.2. The molecule has 188 valence electrons. The Morgan fingerprint density at radius 1 is 1.03 bits per heavy atom. The van der Waals surface area contributed by atoms with Gasteiger partial charge in [-0.05, 0) is 86.2 Å². The van der Waals surface area contributed by atoms with E-state index in [0.29, 0.717) is 24.4 Å². The lowest BCUT2D eigenvalue weighted by Gasteiger charge is -2.35. The van der Waals surface area contributed by atoms with Crippen molar-refractivity contribution in [3.8, 4) is 5.75 Å². The zero-order chi connectivity index (χ0) is 25.5. The molecule has 0 radical (unpaired) electrons. The van der Waals surface area contributed by atoms with Crippen molar-refractivity contribution in [2.24, 2.45) is 0 Å². The number of ether oxygens (including phenoxy) is 1. The van der Waals surface area contributed by atoms with E-state index in [1.165, 1.54) is 6.26 Å². The molecule has 1 aromatic heterocycles. The molecule has 2 amide bonds. The summed E-state index contributed by atoms with van der Waals surface area (Å²) in [4.78, 5) is 29.0. The Hall–Kier alpha value is -3.85. The topological polar surface area (TPSA) is 87.0 Å². The zero-order valence-electron chi connectivity index (χ0n) is 20.4. The number of hydrogen-bond donors (Lipinski definition) is 2. The lowest BCUT2D eigenvalue weighted by atomic mass is 10.2. The van der Waals surface area contributed by atoms with Gasteiger partial charge in [-0.2, -0.15) is 0 Å². The fraction of sp³-hybridized carbons (Fsp3) is 0.296. The SMILES string of the molecule is CCC(C)Oc1ccc(C(=O)NC(=S)Nc2ccc(N3CCN(C(=O)c4ccco4)CC3)cc2)cc1. The second-order valence-electron chi connectivity index (χ2n) is 8.57. The molecule has 0 aliphatic carbocycles. The van der Waals surface area contributed by atoms with Crippen LogP contribution < -0.4 is 20.3 Å². The first-order chi connectivity index (χ1) is 17.4. The molecule has 1 atom stereocenters. The lowest BCUT2D eigenvalue weighted by molar-refractivity contribution is 0.0714. The van der Waals surface area contributed by atoms with Crippen LogP contribution in [0.5, 0.6) is 5.75 Å². The molecule has 0 saturated carbocycles. The summed E-state index contributed by atoms with van der Waals surface area (Å²) in [5.74, 6) is 0.730. The van der Waals surface area contributed by atoms with Crippen LogP contribution in [-0.4, -0.2) is 54.1 Å². The number of nitrogens with zero attached hydrogens (tertiary/aromatic N) is 2. The molecule has 4 rings (SSSR count). The summed E-state index contributed by atoms with van der Waals surface area (Å²) in [5.41, 5.74) is 2.32. The average molecular weight is 507 g/mol. The molecule has 1 saturated heterocycles. The molecule has 2 heterocycles. The Morgan fingerprint density at radius 3 is 2.33 bits per heavy atom. The van der Waals surface area contributed by atoms with E-state index in [2.05, 4.69) is 22.5 Å². The minimum absolute atomic E-state index is 0.0786. The number of benzene rings is 2. The Bertz CT molecular complexity index is 1170. The second-order valence-corrected chi connectivity index (χ2v) is 8.98. The van der Waals surface area contributed by atoms with E-state index < -0.39 is 0 Å². The van der Waals surface area contributed by atoms with Gasteiger partial charge in [0, 0.05) is 43.1 Å². The number of piperazine rings is 1. The van der Waals surface area contributed by atoms with Gasteiger partial charge in [0.2, 0.25) is 0 Å². The van der Waals surface area contributed by atoms with Crippen molar-refractivity contribution in [1.82, 2.24) is 10.2 Å². The number of anilines is 2. The van der Waals surface area contributed by atoms with Gasteiger partial charge in [0.15, 0.2) is 10.9 Å². The van der Waals surface area contributed by atoms with Gasteiger partial charge >= 0.3 is 0 Å². The largest absolute Gasteiger partial charge is 0.491 e. The summed E-state index contributed by atoms with van der Waals surface area (Å²) in [5, 5.41) is 5.97. The number of rotatable bonds is 7. The molecule has 2 aromatic carbocycles. The summed E-state index contributed by atoms with van der Waals surface area (Å²) >= 11 is 5.32. The van der Waals surface area contributed by atoms with Crippen LogP contribution in [0.25, 0.3) is 0 Å². The minimum atomic E-state index is -0.291.